The fourth-order valence-electron chi connectivity index (χ4n) is 9.81. The Hall–Kier alpha value is -3.27. The minimum Gasteiger partial charge on any atom is -0.490 e. The zero-order valence-electron chi connectivity index (χ0n) is 37.6. The molecule has 0 spiro atoms. The normalized spacial score (nSPS) is 18.1. The van der Waals surface area contributed by atoms with Gasteiger partial charge in [0.1, 0.15) is 21.4 Å². The first kappa shape index (κ1) is 49.2. The number of unbranched alkanes of at least 4 members (excludes halogenated alkanes) is 13. The van der Waals surface area contributed by atoms with Crippen molar-refractivity contribution in [1.29, 1.82) is 0 Å². The van der Waals surface area contributed by atoms with Crippen LogP contribution in [0.4, 0.5) is 27.6 Å². The van der Waals surface area contributed by atoms with Crippen LogP contribution < -0.4 is 14.4 Å². The van der Waals surface area contributed by atoms with Crippen LogP contribution >= 0.6 is 0 Å². The Morgan fingerprint density at radius 3 is 1.75 bits per heavy atom. The summed E-state index contributed by atoms with van der Waals surface area (Å²) in [7, 11) is -4.79. The lowest BCUT2D eigenvalue weighted by Crippen LogP contribution is -2.56. The molecule has 3 aliphatic heterocycles. The van der Waals surface area contributed by atoms with E-state index in [1.54, 1.807) is 0 Å². The smallest absolute Gasteiger partial charge is 0.490 e. The number of alkyl halides is 3. The molecular weight excluding hydrogens is 838 g/mol. The Morgan fingerprint density at radius 2 is 1.21 bits per heavy atom. The van der Waals surface area contributed by atoms with Crippen molar-refractivity contribution in [2.24, 2.45) is 0 Å². The van der Waals surface area contributed by atoms with Gasteiger partial charge >= 0.3 is 6.36 Å². The fourth-order valence-corrected chi connectivity index (χ4v) is 11.3. The van der Waals surface area contributed by atoms with E-state index < -0.39 is 43.4 Å². The molecule has 4 heterocycles. The van der Waals surface area contributed by atoms with Gasteiger partial charge in [0.05, 0.1) is 17.8 Å². The highest BCUT2D eigenvalue weighted by atomic mass is 32.2. The monoisotopic (exact) mass is 908 g/mol. The number of aromatic nitrogens is 1. The number of fused-ring (bicyclic) bond motifs is 1. The largest absolute Gasteiger partial charge is 0.573 e. The van der Waals surface area contributed by atoms with Gasteiger partial charge in [0, 0.05) is 69.0 Å². The van der Waals surface area contributed by atoms with Crippen molar-refractivity contribution >= 4 is 26.4 Å². The average Bonchev–Trinajstić information content (AvgIpc) is 3.27. The number of ether oxygens (including phenoxy) is 2. The average molecular weight is 908 g/mol. The second-order valence-corrected chi connectivity index (χ2v) is 19.7. The predicted octanol–water partition coefficient (Wildman–Crippen LogP) is 11.2. The van der Waals surface area contributed by atoms with Crippen LogP contribution in [0.25, 0.3) is 10.9 Å². The number of halogens is 5. The third-order valence-corrected chi connectivity index (χ3v) is 15.3. The Balaban J connectivity index is 1.08. The van der Waals surface area contributed by atoms with Gasteiger partial charge in [-0.1, -0.05) is 97.3 Å². The molecule has 1 aromatic heterocycles. The topological polar surface area (TPSA) is 78.4 Å². The molecule has 2 aromatic carbocycles. The van der Waals surface area contributed by atoms with Gasteiger partial charge in [0.25, 0.3) is 0 Å². The molecule has 9 nitrogen and oxygen atoms in total. The number of sulfone groups is 1. The highest BCUT2D eigenvalue weighted by Gasteiger charge is 2.36. The minimum absolute atomic E-state index is 0.0901. The lowest BCUT2D eigenvalue weighted by Gasteiger charge is -2.46. The molecule has 15 heteroatoms. The van der Waals surface area contributed by atoms with Crippen molar-refractivity contribution in [2.75, 3.05) is 70.4 Å². The Bertz CT molecular complexity index is 1980. The Kier molecular flexibility index (Phi) is 18.6. The zero-order valence-corrected chi connectivity index (χ0v) is 38.4. The molecule has 6 rings (SSSR count). The zero-order chi connectivity index (χ0) is 44.8. The van der Waals surface area contributed by atoms with Crippen LogP contribution in [0.15, 0.2) is 46.3 Å². The van der Waals surface area contributed by atoms with Crippen LogP contribution in [0.2, 0.25) is 0 Å². The number of piperidine rings is 2. The third-order valence-electron chi connectivity index (χ3n) is 13.5. The SMILES string of the molecule is CCCCCCCCCCCCCCCCOc1cc(F)c(S(=O)(=O)c2cnc3ccc(OC(F)(F)F)cc3c2N2CCC(N3CCN(C4CCN(CC)CC4)CC3)CC2)cc1F. The molecule has 0 saturated carbocycles. The number of rotatable bonds is 23. The number of pyridine rings is 1. The minimum atomic E-state index is -4.99. The highest BCUT2D eigenvalue weighted by Crippen LogP contribution is 2.41. The van der Waals surface area contributed by atoms with E-state index in [1.807, 2.05) is 4.90 Å². The molecule has 63 heavy (non-hydrogen) atoms. The summed E-state index contributed by atoms with van der Waals surface area (Å²) in [4.78, 5) is 12.4. The van der Waals surface area contributed by atoms with Gasteiger partial charge in [0.2, 0.25) is 9.84 Å². The van der Waals surface area contributed by atoms with Gasteiger partial charge in [-0.3, -0.25) is 14.8 Å². The molecule has 0 aliphatic carbocycles. The maximum Gasteiger partial charge on any atom is 0.573 e. The summed E-state index contributed by atoms with van der Waals surface area (Å²) in [5, 5.41) is 0.105. The van der Waals surface area contributed by atoms with E-state index >= 15 is 8.78 Å². The van der Waals surface area contributed by atoms with Crippen LogP contribution in [0, 0.1) is 11.6 Å². The van der Waals surface area contributed by atoms with Crippen LogP contribution in [0.1, 0.15) is 129 Å². The van der Waals surface area contributed by atoms with Crippen molar-refractivity contribution in [2.45, 2.75) is 158 Å². The van der Waals surface area contributed by atoms with Gasteiger partial charge in [-0.15, -0.1) is 13.2 Å². The van der Waals surface area contributed by atoms with Crippen LogP contribution in [-0.2, 0) is 9.84 Å². The molecule has 3 saturated heterocycles. The number of nitrogens with zero attached hydrogens (tertiary/aromatic N) is 5. The van der Waals surface area contributed by atoms with Crippen LogP contribution in [-0.4, -0.2) is 112 Å². The molecule has 0 unspecified atom stereocenters. The van der Waals surface area contributed by atoms with E-state index in [0.29, 0.717) is 44.5 Å². The molecule has 0 bridgehead atoms. The first-order valence-electron chi connectivity index (χ1n) is 23.9. The van der Waals surface area contributed by atoms with Gasteiger partial charge in [-0.2, -0.15) is 0 Å². The Morgan fingerprint density at radius 1 is 0.667 bits per heavy atom. The molecule has 0 radical (unpaired) electrons. The van der Waals surface area contributed by atoms with Gasteiger partial charge in [-0.05, 0) is 76.0 Å². The van der Waals surface area contributed by atoms with Crippen LogP contribution in [0.5, 0.6) is 11.5 Å². The third kappa shape index (κ3) is 13.9. The van der Waals surface area contributed by atoms with E-state index in [2.05, 4.69) is 38.3 Å². The highest BCUT2D eigenvalue weighted by molar-refractivity contribution is 7.91. The summed E-state index contributed by atoms with van der Waals surface area (Å²) in [5.74, 6) is -3.14. The number of hydrogen-bond donors (Lipinski definition) is 0. The van der Waals surface area contributed by atoms with E-state index in [4.69, 9.17) is 4.74 Å². The summed E-state index contributed by atoms with van der Waals surface area (Å²) < 4.78 is 110. The van der Waals surface area contributed by atoms with Crippen molar-refractivity contribution in [1.82, 2.24) is 19.7 Å². The maximum absolute atomic E-state index is 15.9. The van der Waals surface area contributed by atoms with E-state index in [0.717, 1.165) is 89.5 Å². The van der Waals surface area contributed by atoms with Gasteiger partial charge in [-0.25, -0.2) is 17.2 Å². The first-order valence-corrected chi connectivity index (χ1v) is 25.4. The van der Waals surface area contributed by atoms with Crippen molar-refractivity contribution in [3.05, 3.63) is 48.2 Å². The molecular formula is C48H70F5N5O4S. The quantitative estimate of drug-likeness (QED) is 0.0683. The first-order chi connectivity index (χ1) is 30.4. The molecule has 3 fully saturated rings. The molecule has 352 valence electrons. The van der Waals surface area contributed by atoms with Crippen molar-refractivity contribution in [3.8, 4) is 11.5 Å². The van der Waals surface area contributed by atoms with Crippen molar-refractivity contribution < 1.29 is 39.8 Å². The number of hydrogen-bond acceptors (Lipinski definition) is 9. The molecule has 0 amide bonds. The number of anilines is 1. The molecule has 3 aromatic rings. The van der Waals surface area contributed by atoms with Crippen LogP contribution in [0.3, 0.4) is 0 Å². The summed E-state index contributed by atoms with van der Waals surface area (Å²) >= 11 is 0. The fraction of sp³-hybridized carbons (Fsp3) is 0.688. The number of piperazine rings is 1. The predicted molar refractivity (Wildman–Crippen MR) is 240 cm³/mol. The van der Waals surface area contributed by atoms with Crippen molar-refractivity contribution in [3.63, 3.8) is 0 Å². The summed E-state index contributed by atoms with van der Waals surface area (Å²) in [6.07, 6.45) is 16.4. The molecule has 0 atom stereocenters. The maximum atomic E-state index is 15.9. The lowest BCUT2D eigenvalue weighted by molar-refractivity contribution is -0.274. The standard InChI is InChI=1S/C48H70F5N5O4S/c1-3-5-6-7-8-9-10-11-12-13-14-15-16-17-32-61-44-34-42(50)45(35-41(44)49)63(59,60)46-36-54-43-19-18-39(62-48(51,52)53)33-40(43)47(46)58-26-22-38(23-27-58)57-30-28-56(29-31-57)37-20-24-55(4-2)25-21-37/h18-19,33-38H,3-17,20-32H2,1-2H3. The molecule has 3 aliphatic rings. The van der Waals surface area contributed by atoms with E-state index in [1.165, 1.54) is 83.1 Å². The Labute approximate surface area is 372 Å². The van der Waals surface area contributed by atoms with E-state index in [-0.39, 0.29) is 35.0 Å². The summed E-state index contributed by atoms with van der Waals surface area (Å²) in [6.45, 7) is 12.6. The van der Waals surface area contributed by atoms with E-state index in [9.17, 15) is 21.6 Å². The number of likely N-dealkylation sites (tertiary alicyclic amines) is 1. The second-order valence-electron chi connectivity index (χ2n) is 17.8. The van der Waals surface area contributed by atoms with Gasteiger partial charge < -0.3 is 19.3 Å². The summed E-state index contributed by atoms with van der Waals surface area (Å²) in [5.41, 5.74) is 0.327. The molecule has 0 N–H and O–H groups in total. The second kappa shape index (κ2) is 23.8. The summed E-state index contributed by atoms with van der Waals surface area (Å²) in [6, 6.07) is 5.79. The van der Waals surface area contributed by atoms with Gasteiger partial charge in [0.15, 0.2) is 11.6 Å². The number of benzene rings is 2. The lowest BCUT2D eigenvalue weighted by atomic mass is 9.99.